The van der Waals surface area contributed by atoms with E-state index in [1.165, 1.54) is 6.33 Å². The molecule has 0 amide bonds. The monoisotopic (exact) mass is 359 g/mol. The Morgan fingerprint density at radius 2 is 1.96 bits per heavy atom. The standard InChI is InChI=1S/C17H17N3O4S/c21-25(22,12-2-4-16-17(8-12)24-6-5-23-16)20-11-1-3-15(20)13-9-18-10-19-14(13)7-11/h2,4,8-11,15H,1,3,5-7H2. The van der Waals surface area contributed by atoms with Crippen molar-refractivity contribution in [2.24, 2.45) is 0 Å². The number of aromatic nitrogens is 2. The molecule has 1 fully saturated rings. The number of nitrogens with zero attached hydrogens (tertiary/aromatic N) is 3. The molecule has 0 radical (unpaired) electrons. The topological polar surface area (TPSA) is 81.6 Å². The number of benzene rings is 1. The van der Waals surface area contributed by atoms with Gasteiger partial charge in [-0.1, -0.05) is 0 Å². The van der Waals surface area contributed by atoms with E-state index in [4.69, 9.17) is 9.47 Å². The molecule has 0 N–H and O–H groups in total. The Balaban J connectivity index is 1.57. The Hall–Kier alpha value is -2.19. The van der Waals surface area contributed by atoms with Crippen molar-refractivity contribution in [2.45, 2.75) is 36.2 Å². The van der Waals surface area contributed by atoms with E-state index < -0.39 is 10.0 Å². The van der Waals surface area contributed by atoms with Gasteiger partial charge in [-0.2, -0.15) is 4.31 Å². The summed E-state index contributed by atoms with van der Waals surface area (Å²) in [6.07, 6.45) is 5.56. The Labute approximate surface area is 145 Å². The second-order valence-electron chi connectivity index (χ2n) is 6.52. The largest absolute Gasteiger partial charge is 0.486 e. The summed E-state index contributed by atoms with van der Waals surface area (Å²) in [4.78, 5) is 8.67. The van der Waals surface area contributed by atoms with Gasteiger partial charge in [0.15, 0.2) is 11.5 Å². The van der Waals surface area contributed by atoms with Crippen LogP contribution in [0.1, 0.15) is 30.1 Å². The molecule has 0 spiro atoms. The van der Waals surface area contributed by atoms with Crippen LogP contribution < -0.4 is 9.47 Å². The van der Waals surface area contributed by atoms with Gasteiger partial charge in [-0.15, -0.1) is 0 Å². The molecule has 0 saturated carbocycles. The van der Waals surface area contributed by atoms with Crippen LogP contribution in [0.25, 0.3) is 0 Å². The van der Waals surface area contributed by atoms with Gasteiger partial charge in [-0.25, -0.2) is 18.4 Å². The second-order valence-corrected chi connectivity index (χ2v) is 8.36. The van der Waals surface area contributed by atoms with Gasteiger partial charge in [0.1, 0.15) is 19.5 Å². The van der Waals surface area contributed by atoms with Gasteiger partial charge < -0.3 is 9.47 Å². The van der Waals surface area contributed by atoms with Gasteiger partial charge >= 0.3 is 0 Å². The Morgan fingerprint density at radius 1 is 1.12 bits per heavy atom. The molecule has 7 nitrogen and oxygen atoms in total. The van der Waals surface area contributed by atoms with Crippen LogP contribution in [0, 0.1) is 0 Å². The zero-order valence-electron chi connectivity index (χ0n) is 13.5. The zero-order chi connectivity index (χ0) is 17.0. The quantitative estimate of drug-likeness (QED) is 0.812. The molecule has 8 heteroatoms. The fourth-order valence-corrected chi connectivity index (χ4v) is 5.92. The predicted molar refractivity (Wildman–Crippen MR) is 88.0 cm³/mol. The molecule has 130 valence electrons. The first kappa shape index (κ1) is 15.1. The highest BCUT2D eigenvalue weighted by Crippen LogP contribution is 2.46. The van der Waals surface area contributed by atoms with Crippen LogP contribution in [0.5, 0.6) is 11.5 Å². The van der Waals surface area contributed by atoms with Crippen LogP contribution in [0.3, 0.4) is 0 Å². The average Bonchev–Trinajstić information content (AvgIpc) is 2.97. The molecule has 0 aliphatic carbocycles. The lowest BCUT2D eigenvalue weighted by Crippen LogP contribution is -2.42. The number of sulfonamides is 1. The fourth-order valence-electron chi connectivity index (χ4n) is 4.05. The summed E-state index contributed by atoms with van der Waals surface area (Å²) in [5, 5.41) is 0. The summed E-state index contributed by atoms with van der Waals surface area (Å²) in [5.41, 5.74) is 1.90. The molecule has 25 heavy (non-hydrogen) atoms. The van der Waals surface area contributed by atoms with Crippen LogP contribution in [0.15, 0.2) is 35.6 Å². The second kappa shape index (κ2) is 5.40. The third kappa shape index (κ3) is 2.24. The number of fused-ring (bicyclic) bond motifs is 5. The highest BCUT2D eigenvalue weighted by atomic mass is 32.2. The minimum Gasteiger partial charge on any atom is -0.486 e. The molecule has 2 unspecified atom stereocenters. The zero-order valence-corrected chi connectivity index (χ0v) is 14.3. The van der Waals surface area contributed by atoms with Gasteiger partial charge in [0.2, 0.25) is 10.0 Å². The van der Waals surface area contributed by atoms with Gasteiger partial charge in [0.25, 0.3) is 0 Å². The third-order valence-corrected chi connectivity index (χ3v) is 7.10. The van der Waals surface area contributed by atoms with Crippen molar-refractivity contribution in [1.29, 1.82) is 0 Å². The number of hydrogen-bond acceptors (Lipinski definition) is 6. The molecule has 2 aromatic rings. The summed E-state index contributed by atoms with van der Waals surface area (Å²) >= 11 is 0. The van der Waals surface area contributed by atoms with E-state index in [0.717, 1.165) is 24.1 Å². The Kier molecular flexibility index (Phi) is 3.26. The molecule has 4 heterocycles. The van der Waals surface area contributed by atoms with E-state index >= 15 is 0 Å². The van der Waals surface area contributed by atoms with Crippen molar-refractivity contribution in [1.82, 2.24) is 14.3 Å². The first-order chi connectivity index (χ1) is 12.1. The first-order valence-corrected chi connectivity index (χ1v) is 9.80. The maximum absolute atomic E-state index is 13.3. The van der Waals surface area contributed by atoms with Crippen molar-refractivity contribution in [2.75, 3.05) is 13.2 Å². The highest BCUT2D eigenvalue weighted by molar-refractivity contribution is 7.89. The summed E-state index contributed by atoms with van der Waals surface area (Å²) < 4.78 is 39.3. The summed E-state index contributed by atoms with van der Waals surface area (Å²) in [6, 6.07) is 4.60. The van der Waals surface area contributed by atoms with E-state index in [2.05, 4.69) is 9.97 Å². The van der Waals surface area contributed by atoms with Gasteiger partial charge in [-0.05, 0) is 25.0 Å². The summed E-state index contributed by atoms with van der Waals surface area (Å²) in [5.74, 6) is 1.07. The molecule has 2 atom stereocenters. The van der Waals surface area contributed by atoms with Gasteiger partial charge in [0, 0.05) is 30.3 Å². The molecule has 1 aromatic heterocycles. The smallest absolute Gasteiger partial charge is 0.244 e. The molecule has 5 rings (SSSR count). The summed E-state index contributed by atoms with van der Waals surface area (Å²) in [6.45, 7) is 0.905. The van der Waals surface area contributed by atoms with E-state index in [0.29, 0.717) is 31.1 Å². The molecule has 1 saturated heterocycles. The van der Waals surface area contributed by atoms with Crippen molar-refractivity contribution in [3.63, 3.8) is 0 Å². The molecule has 2 bridgehead atoms. The molecule has 3 aliphatic heterocycles. The lowest BCUT2D eigenvalue weighted by molar-refractivity contribution is 0.171. The minimum absolute atomic E-state index is 0.0504. The maximum Gasteiger partial charge on any atom is 0.244 e. The fraction of sp³-hybridized carbons (Fsp3) is 0.412. The Bertz CT molecular complexity index is 947. The molecular formula is C17H17N3O4S. The lowest BCUT2D eigenvalue weighted by atomic mass is 10.0. The number of rotatable bonds is 2. The highest BCUT2D eigenvalue weighted by Gasteiger charge is 2.47. The van der Waals surface area contributed by atoms with Crippen LogP contribution in [0.2, 0.25) is 0 Å². The lowest BCUT2D eigenvalue weighted by Gasteiger charge is -2.34. The summed E-state index contributed by atoms with van der Waals surface area (Å²) in [7, 11) is -3.63. The number of ether oxygens (including phenoxy) is 2. The third-order valence-electron chi connectivity index (χ3n) is 5.14. The van der Waals surface area contributed by atoms with E-state index in [1.54, 1.807) is 28.7 Å². The first-order valence-electron chi connectivity index (χ1n) is 8.36. The van der Waals surface area contributed by atoms with E-state index in [1.807, 2.05) is 0 Å². The molecular weight excluding hydrogens is 342 g/mol. The van der Waals surface area contributed by atoms with Crippen LogP contribution in [0.4, 0.5) is 0 Å². The van der Waals surface area contributed by atoms with E-state index in [-0.39, 0.29) is 17.0 Å². The average molecular weight is 359 g/mol. The van der Waals surface area contributed by atoms with Crippen LogP contribution in [-0.4, -0.2) is 41.9 Å². The van der Waals surface area contributed by atoms with Crippen molar-refractivity contribution >= 4 is 10.0 Å². The predicted octanol–water partition coefficient (Wildman–Crippen LogP) is 1.70. The van der Waals surface area contributed by atoms with Gasteiger partial charge in [-0.3, -0.25) is 0 Å². The van der Waals surface area contributed by atoms with Crippen molar-refractivity contribution in [3.05, 3.63) is 42.0 Å². The van der Waals surface area contributed by atoms with Gasteiger partial charge in [0.05, 0.1) is 16.6 Å². The van der Waals surface area contributed by atoms with E-state index in [9.17, 15) is 8.42 Å². The van der Waals surface area contributed by atoms with Crippen molar-refractivity contribution < 1.29 is 17.9 Å². The minimum atomic E-state index is -3.63. The SMILES string of the molecule is O=S(=O)(c1ccc2c(c1)OCCO2)N1C2CCC1c1cncnc1C2. The Morgan fingerprint density at radius 3 is 2.84 bits per heavy atom. The maximum atomic E-state index is 13.3. The van der Waals surface area contributed by atoms with Crippen LogP contribution >= 0.6 is 0 Å². The van der Waals surface area contributed by atoms with Crippen LogP contribution in [-0.2, 0) is 16.4 Å². The molecule has 3 aliphatic rings. The normalized spacial score (nSPS) is 24.8. The number of hydrogen-bond donors (Lipinski definition) is 0. The molecule has 1 aromatic carbocycles. The van der Waals surface area contributed by atoms with Crippen molar-refractivity contribution in [3.8, 4) is 11.5 Å².